The van der Waals surface area contributed by atoms with Crippen LogP contribution in [-0.2, 0) is 6.54 Å². The molecule has 1 aliphatic rings. The number of carbonyl (C=O) groups is 1. The summed E-state index contributed by atoms with van der Waals surface area (Å²) in [6, 6.07) is 13.8. The van der Waals surface area contributed by atoms with E-state index in [-0.39, 0.29) is 6.03 Å². The van der Waals surface area contributed by atoms with E-state index in [2.05, 4.69) is 20.3 Å². The second-order valence-electron chi connectivity index (χ2n) is 7.40. The Labute approximate surface area is 171 Å². The lowest BCUT2D eigenvalue weighted by Crippen LogP contribution is -2.49. The number of aromatic nitrogens is 3. The maximum atomic E-state index is 12.9. The van der Waals surface area contributed by atoms with Gasteiger partial charge in [-0.2, -0.15) is 5.10 Å². The maximum absolute atomic E-state index is 12.9. The van der Waals surface area contributed by atoms with Crippen molar-refractivity contribution in [3.05, 3.63) is 71.8 Å². The number of anilines is 1. The minimum absolute atomic E-state index is 0.0671. The molecule has 4 rings (SSSR count). The monoisotopic (exact) mass is 390 g/mol. The normalized spacial score (nSPS) is 14.8. The molecule has 3 aromatic rings. The molecule has 2 amide bonds. The van der Waals surface area contributed by atoms with Gasteiger partial charge >= 0.3 is 6.03 Å². The number of pyridine rings is 1. The quantitative estimate of drug-likeness (QED) is 0.743. The van der Waals surface area contributed by atoms with Gasteiger partial charge in [-0.15, -0.1) is 0 Å². The minimum atomic E-state index is -0.0671. The third-order valence-corrected chi connectivity index (χ3v) is 5.20. The zero-order valence-corrected chi connectivity index (χ0v) is 16.9. The van der Waals surface area contributed by atoms with Crippen LogP contribution in [0.1, 0.15) is 17.0 Å². The number of hydrogen-bond acceptors (Lipinski definition) is 4. The molecule has 1 fully saturated rings. The first-order valence-corrected chi connectivity index (χ1v) is 9.90. The highest BCUT2D eigenvalue weighted by Gasteiger charge is 2.22. The van der Waals surface area contributed by atoms with E-state index in [1.54, 1.807) is 0 Å². The molecule has 7 nitrogen and oxygen atoms in total. The summed E-state index contributed by atoms with van der Waals surface area (Å²) >= 11 is 0. The van der Waals surface area contributed by atoms with Crippen LogP contribution >= 0.6 is 0 Å². The molecule has 0 bridgehead atoms. The second kappa shape index (κ2) is 8.45. The Morgan fingerprint density at radius 3 is 2.45 bits per heavy atom. The van der Waals surface area contributed by atoms with Gasteiger partial charge in [-0.05, 0) is 49.7 Å². The number of rotatable bonds is 4. The number of amides is 2. The molecule has 1 saturated heterocycles. The first-order chi connectivity index (χ1) is 14.1. The Kier molecular flexibility index (Phi) is 5.57. The Balaban J connectivity index is 1.39. The van der Waals surface area contributed by atoms with Gasteiger partial charge in [0.05, 0.1) is 17.1 Å². The van der Waals surface area contributed by atoms with Crippen LogP contribution < -0.4 is 5.32 Å². The summed E-state index contributed by atoms with van der Waals surface area (Å²) in [5.74, 6) is 0. The summed E-state index contributed by atoms with van der Waals surface area (Å²) in [5.41, 5.74) is 4.88. The Morgan fingerprint density at radius 2 is 1.76 bits per heavy atom. The van der Waals surface area contributed by atoms with Gasteiger partial charge in [-0.3, -0.25) is 9.88 Å². The third-order valence-electron chi connectivity index (χ3n) is 5.20. The SMILES string of the molecule is Cc1cc(C)n(-c2ccccc2NC(=O)N2CCN(Cc3ccncc3)CC2)n1. The molecule has 0 unspecified atom stereocenters. The van der Waals surface area contributed by atoms with Crippen molar-refractivity contribution in [3.8, 4) is 5.69 Å². The summed E-state index contributed by atoms with van der Waals surface area (Å²) in [7, 11) is 0. The molecule has 0 spiro atoms. The van der Waals surface area contributed by atoms with Crippen molar-refractivity contribution in [1.29, 1.82) is 0 Å². The lowest BCUT2D eigenvalue weighted by atomic mass is 10.2. The van der Waals surface area contributed by atoms with E-state index in [0.29, 0.717) is 13.1 Å². The van der Waals surface area contributed by atoms with E-state index < -0.39 is 0 Å². The lowest BCUT2D eigenvalue weighted by molar-refractivity contribution is 0.143. The van der Waals surface area contributed by atoms with Crippen molar-refractivity contribution < 1.29 is 4.79 Å². The number of piperazine rings is 1. The number of carbonyl (C=O) groups excluding carboxylic acids is 1. The van der Waals surface area contributed by atoms with E-state index in [0.717, 1.165) is 42.4 Å². The molecule has 0 radical (unpaired) electrons. The number of urea groups is 1. The van der Waals surface area contributed by atoms with Crippen LogP contribution in [-0.4, -0.2) is 56.8 Å². The molecule has 29 heavy (non-hydrogen) atoms. The molecule has 3 heterocycles. The average molecular weight is 390 g/mol. The summed E-state index contributed by atoms with van der Waals surface area (Å²) in [4.78, 5) is 21.2. The first kappa shape index (κ1) is 19.1. The third kappa shape index (κ3) is 4.46. The van der Waals surface area contributed by atoms with Crippen LogP contribution in [0.3, 0.4) is 0 Å². The van der Waals surface area contributed by atoms with Crippen LogP contribution in [0.25, 0.3) is 5.69 Å². The lowest BCUT2D eigenvalue weighted by Gasteiger charge is -2.34. The first-order valence-electron chi connectivity index (χ1n) is 9.90. The van der Waals surface area contributed by atoms with Crippen LogP contribution in [0.15, 0.2) is 54.9 Å². The average Bonchev–Trinajstić information content (AvgIpc) is 3.07. The zero-order valence-electron chi connectivity index (χ0n) is 16.9. The molecule has 0 atom stereocenters. The van der Waals surface area contributed by atoms with Crippen LogP contribution in [0.4, 0.5) is 10.5 Å². The van der Waals surface area contributed by atoms with E-state index in [4.69, 9.17) is 0 Å². The zero-order chi connectivity index (χ0) is 20.2. The van der Waals surface area contributed by atoms with Crippen molar-refractivity contribution >= 4 is 11.7 Å². The largest absolute Gasteiger partial charge is 0.322 e. The van der Waals surface area contributed by atoms with E-state index in [1.165, 1.54) is 5.56 Å². The molecule has 7 heteroatoms. The van der Waals surface area contributed by atoms with Crippen molar-refractivity contribution in [1.82, 2.24) is 24.6 Å². The van der Waals surface area contributed by atoms with Crippen molar-refractivity contribution in [3.63, 3.8) is 0 Å². The Hall–Kier alpha value is -3.19. The highest BCUT2D eigenvalue weighted by molar-refractivity contribution is 5.91. The standard InChI is InChI=1S/C22H26N6O/c1-17-15-18(2)28(25-17)21-6-4-3-5-20(21)24-22(29)27-13-11-26(12-14-27)16-19-7-9-23-10-8-19/h3-10,15H,11-14,16H2,1-2H3,(H,24,29). The number of hydrogen-bond donors (Lipinski definition) is 1. The van der Waals surface area contributed by atoms with Crippen LogP contribution in [0.2, 0.25) is 0 Å². The molecule has 0 saturated carbocycles. The van der Waals surface area contributed by atoms with Gasteiger partial charge in [0.1, 0.15) is 0 Å². The molecule has 1 aliphatic heterocycles. The fraction of sp³-hybridized carbons (Fsp3) is 0.318. The summed E-state index contributed by atoms with van der Waals surface area (Å²) in [5, 5.41) is 7.63. The van der Waals surface area contributed by atoms with E-state index >= 15 is 0 Å². The molecular formula is C22H26N6O. The summed E-state index contributed by atoms with van der Waals surface area (Å²) in [6.45, 7) is 8.00. The topological polar surface area (TPSA) is 66.3 Å². The summed E-state index contributed by atoms with van der Waals surface area (Å²) < 4.78 is 1.87. The van der Waals surface area contributed by atoms with Gasteiger partial charge in [0.2, 0.25) is 0 Å². The minimum Gasteiger partial charge on any atom is -0.322 e. The van der Waals surface area contributed by atoms with Crippen LogP contribution in [0.5, 0.6) is 0 Å². The second-order valence-corrected chi connectivity index (χ2v) is 7.40. The Morgan fingerprint density at radius 1 is 1.03 bits per heavy atom. The number of para-hydroxylation sites is 2. The van der Waals surface area contributed by atoms with Gasteiger partial charge in [0, 0.05) is 50.8 Å². The Bertz CT molecular complexity index is 976. The molecule has 1 N–H and O–H groups in total. The van der Waals surface area contributed by atoms with Gasteiger partial charge in [0.15, 0.2) is 0 Å². The van der Waals surface area contributed by atoms with E-state index in [9.17, 15) is 4.79 Å². The molecule has 0 aliphatic carbocycles. The van der Waals surface area contributed by atoms with Crippen molar-refractivity contribution in [2.45, 2.75) is 20.4 Å². The number of benzene rings is 1. The summed E-state index contributed by atoms with van der Waals surface area (Å²) in [6.07, 6.45) is 3.64. The predicted molar refractivity (Wildman–Crippen MR) is 113 cm³/mol. The predicted octanol–water partition coefficient (Wildman–Crippen LogP) is 3.23. The number of aryl methyl sites for hydroxylation is 2. The van der Waals surface area contributed by atoms with Gasteiger partial charge < -0.3 is 10.2 Å². The highest BCUT2D eigenvalue weighted by Crippen LogP contribution is 2.22. The highest BCUT2D eigenvalue weighted by atomic mass is 16.2. The molecule has 150 valence electrons. The van der Waals surface area contributed by atoms with Crippen molar-refractivity contribution in [2.75, 3.05) is 31.5 Å². The van der Waals surface area contributed by atoms with Crippen molar-refractivity contribution in [2.24, 2.45) is 0 Å². The van der Waals surface area contributed by atoms with Gasteiger partial charge in [0.25, 0.3) is 0 Å². The molecule has 2 aromatic heterocycles. The van der Waals surface area contributed by atoms with Crippen LogP contribution in [0, 0.1) is 13.8 Å². The fourth-order valence-corrected chi connectivity index (χ4v) is 3.69. The van der Waals surface area contributed by atoms with Gasteiger partial charge in [-0.25, -0.2) is 9.48 Å². The van der Waals surface area contributed by atoms with Gasteiger partial charge in [-0.1, -0.05) is 12.1 Å². The smallest absolute Gasteiger partial charge is 0.321 e. The maximum Gasteiger partial charge on any atom is 0.321 e. The number of nitrogens with one attached hydrogen (secondary N) is 1. The number of nitrogens with zero attached hydrogens (tertiary/aromatic N) is 5. The van der Waals surface area contributed by atoms with E-state index in [1.807, 2.05) is 78.3 Å². The fourth-order valence-electron chi connectivity index (χ4n) is 3.69. The molecular weight excluding hydrogens is 364 g/mol. The molecule has 1 aromatic carbocycles.